The van der Waals surface area contributed by atoms with Crippen LogP contribution in [0.25, 0.3) is 11.7 Å². The molecular weight excluding hydrogens is 304 g/mol. The molecule has 0 saturated carbocycles. The third kappa shape index (κ3) is 2.59. The molecule has 116 valence electrons. The van der Waals surface area contributed by atoms with Crippen LogP contribution < -0.4 is 14.8 Å². The SMILES string of the molecule is O=C(Nc1nnc(-c2ccno2)o1)c1ccc2c(c1)OCCO2. The van der Waals surface area contributed by atoms with Crippen molar-refractivity contribution in [3.05, 3.63) is 36.0 Å². The molecule has 1 aliphatic rings. The first kappa shape index (κ1) is 13.3. The van der Waals surface area contributed by atoms with Crippen molar-refractivity contribution in [2.75, 3.05) is 18.5 Å². The Balaban J connectivity index is 1.52. The van der Waals surface area contributed by atoms with E-state index < -0.39 is 5.91 Å². The fourth-order valence-electron chi connectivity index (χ4n) is 2.05. The van der Waals surface area contributed by atoms with E-state index in [4.69, 9.17) is 18.4 Å². The Morgan fingerprint density at radius 1 is 1.09 bits per heavy atom. The largest absolute Gasteiger partial charge is 0.486 e. The predicted octanol–water partition coefficient (Wildman–Crippen LogP) is 1.75. The molecule has 3 heterocycles. The molecule has 0 spiro atoms. The molecule has 0 fully saturated rings. The molecule has 0 unspecified atom stereocenters. The quantitative estimate of drug-likeness (QED) is 0.778. The lowest BCUT2D eigenvalue weighted by atomic mass is 10.2. The van der Waals surface area contributed by atoms with E-state index in [9.17, 15) is 4.79 Å². The number of hydrogen-bond donors (Lipinski definition) is 1. The van der Waals surface area contributed by atoms with E-state index in [0.717, 1.165) is 0 Å². The average Bonchev–Trinajstić information content (AvgIpc) is 3.25. The summed E-state index contributed by atoms with van der Waals surface area (Å²) in [5.41, 5.74) is 0.383. The van der Waals surface area contributed by atoms with Gasteiger partial charge in [0, 0.05) is 11.6 Å². The molecule has 1 amide bonds. The number of carbonyl (C=O) groups excluding carboxylic acids is 1. The van der Waals surface area contributed by atoms with Crippen molar-refractivity contribution in [2.24, 2.45) is 0 Å². The molecule has 2 aromatic heterocycles. The minimum Gasteiger partial charge on any atom is -0.486 e. The second-order valence-corrected chi connectivity index (χ2v) is 4.60. The molecule has 0 aliphatic carbocycles. The van der Waals surface area contributed by atoms with E-state index in [1.807, 2.05) is 0 Å². The maximum atomic E-state index is 12.2. The first-order valence-electron chi connectivity index (χ1n) is 6.75. The normalized spacial score (nSPS) is 12.9. The summed E-state index contributed by atoms with van der Waals surface area (Å²) in [7, 11) is 0. The molecule has 23 heavy (non-hydrogen) atoms. The number of anilines is 1. The number of ether oxygens (including phenoxy) is 2. The van der Waals surface area contributed by atoms with Crippen molar-refractivity contribution < 1.29 is 23.2 Å². The number of nitrogens with one attached hydrogen (secondary N) is 1. The van der Waals surface area contributed by atoms with Gasteiger partial charge in [-0.3, -0.25) is 10.1 Å². The van der Waals surface area contributed by atoms with Crippen molar-refractivity contribution in [3.63, 3.8) is 0 Å². The Hall–Kier alpha value is -3.36. The van der Waals surface area contributed by atoms with Gasteiger partial charge in [0.25, 0.3) is 11.8 Å². The lowest BCUT2D eigenvalue weighted by molar-refractivity contribution is 0.102. The maximum absolute atomic E-state index is 12.2. The van der Waals surface area contributed by atoms with E-state index in [1.165, 1.54) is 6.20 Å². The highest BCUT2D eigenvalue weighted by molar-refractivity contribution is 6.03. The number of carbonyl (C=O) groups is 1. The fraction of sp³-hybridized carbons (Fsp3) is 0.143. The molecule has 0 saturated heterocycles. The van der Waals surface area contributed by atoms with E-state index in [-0.39, 0.29) is 11.9 Å². The Labute approximate surface area is 129 Å². The van der Waals surface area contributed by atoms with Crippen LogP contribution >= 0.6 is 0 Å². The van der Waals surface area contributed by atoms with Gasteiger partial charge in [0.15, 0.2) is 11.5 Å². The highest BCUT2D eigenvalue weighted by Crippen LogP contribution is 2.31. The van der Waals surface area contributed by atoms with Crippen LogP contribution in [0.3, 0.4) is 0 Å². The molecule has 0 radical (unpaired) electrons. The Morgan fingerprint density at radius 3 is 2.78 bits per heavy atom. The summed E-state index contributed by atoms with van der Waals surface area (Å²) >= 11 is 0. The molecule has 9 nitrogen and oxygen atoms in total. The summed E-state index contributed by atoms with van der Waals surface area (Å²) in [6, 6.07) is 6.42. The number of fused-ring (bicyclic) bond motifs is 1. The predicted molar refractivity (Wildman–Crippen MR) is 75.2 cm³/mol. The van der Waals surface area contributed by atoms with Crippen LogP contribution in [0, 0.1) is 0 Å². The Kier molecular flexibility index (Phi) is 3.15. The molecule has 4 rings (SSSR count). The minimum atomic E-state index is -0.408. The average molecular weight is 314 g/mol. The smallest absolute Gasteiger partial charge is 0.322 e. The molecule has 3 aromatic rings. The van der Waals surface area contributed by atoms with Crippen LogP contribution in [0.4, 0.5) is 6.01 Å². The van der Waals surface area contributed by atoms with E-state index in [2.05, 4.69) is 20.7 Å². The van der Waals surface area contributed by atoms with Crippen LogP contribution in [0.1, 0.15) is 10.4 Å². The van der Waals surface area contributed by atoms with Crippen molar-refractivity contribution in [2.45, 2.75) is 0 Å². The summed E-state index contributed by atoms with van der Waals surface area (Å²) in [5.74, 6) is 1.17. The lowest BCUT2D eigenvalue weighted by Gasteiger charge is -2.18. The zero-order chi connectivity index (χ0) is 15.6. The first-order chi connectivity index (χ1) is 11.3. The number of rotatable bonds is 3. The standard InChI is InChI=1S/C14H10N4O5/c19-12(8-1-2-9-11(7-8)21-6-5-20-9)16-14-18-17-13(22-14)10-3-4-15-23-10/h1-4,7H,5-6H2,(H,16,18,19). The highest BCUT2D eigenvalue weighted by atomic mass is 16.6. The van der Waals surface area contributed by atoms with Crippen molar-refractivity contribution in [1.82, 2.24) is 15.4 Å². The monoisotopic (exact) mass is 314 g/mol. The Bertz CT molecular complexity index is 843. The van der Waals surface area contributed by atoms with Gasteiger partial charge in [0.1, 0.15) is 13.2 Å². The molecule has 0 bridgehead atoms. The van der Waals surface area contributed by atoms with Gasteiger partial charge in [-0.15, -0.1) is 5.10 Å². The van der Waals surface area contributed by atoms with Crippen LogP contribution in [-0.2, 0) is 0 Å². The molecule has 9 heteroatoms. The van der Waals surface area contributed by atoms with Crippen LogP contribution in [-0.4, -0.2) is 34.5 Å². The van der Waals surface area contributed by atoms with Crippen LogP contribution in [0.15, 0.2) is 39.4 Å². The van der Waals surface area contributed by atoms with Gasteiger partial charge in [-0.2, -0.15) is 0 Å². The third-order valence-corrected chi connectivity index (χ3v) is 3.10. The number of aromatic nitrogens is 3. The van der Waals surface area contributed by atoms with E-state index in [0.29, 0.717) is 36.0 Å². The zero-order valence-corrected chi connectivity index (χ0v) is 11.7. The highest BCUT2D eigenvalue weighted by Gasteiger charge is 2.17. The second-order valence-electron chi connectivity index (χ2n) is 4.60. The van der Waals surface area contributed by atoms with Crippen molar-refractivity contribution in [1.29, 1.82) is 0 Å². The van der Waals surface area contributed by atoms with Gasteiger partial charge in [-0.1, -0.05) is 10.3 Å². The van der Waals surface area contributed by atoms with Gasteiger partial charge in [0.2, 0.25) is 5.76 Å². The van der Waals surface area contributed by atoms with Gasteiger partial charge < -0.3 is 18.4 Å². The molecular formula is C14H10N4O5. The number of amides is 1. The van der Waals surface area contributed by atoms with E-state index >= 15 is 0 Å². The van der Waals surface area contributed by atoms with E-state index in [1.54, 1.807) is 24.3 Å². The van der Waals surface area contributed by atoms with Crippen LogP contribution in [0.2, 0.25) is 0 Å². The van der Waals surface area contributed by atoms with Crippen molar-refractivity contribution in [3.8, 4) is 23.1 Å². The molecule has 1 aromatic carbocycles. The van der Waals surface area contributed by atoms with Gasteiger partial charge in [-0.25, -0.2) is 0 Å². The Morgan fingerprint density at radius 2 is 1.96 bits per heavy atom. The number of nitrogens with zero attached hydrogens (tertiary/aromatic N) is 3. The summed E-state index contributed by atoms with van der Waals surface area (Å²) in [4.78, 5) is 12.2. The van der Waals surface area contributed by atoms with Crippen molar-refractivity contribution >= 4 is 11.9 Å². The minimum absolute atomic E-state index is 0.0451. The summed E-state index contributed by atoms with van der Waals surface area (Å²) < 4.78 is 21.0. The fourth-order valence-corrected chi connectivity index (χ4v) is 2.05. The topological polar surface area (TPSA) is 113 Å². The molecule has 1 N–H and O–H groups in total. The zero-order valence-electron chi connectivity index (χ0n) is 11.7. The number of benzene rings is 1. The van der Waals surface area contributed by atoms with Gasteiger partial charge >= 0.3 is 6.01 Å². The summed E-state index contributed by atoms with van der Waals surface area (Å²) in [6.07, 6.45) is 1.45. The molecule has 1 aliphatic heterocycles. The summed E-state index contributed by atoms with van der Waals surface area (Å²) in [5, 5.41) is 13.5. The maximum Gasteiger partial charge on any atom is 0.322 e. The van der Waals surface area contributed by atoms with Crippen LogP contribution in [0.5, 0.6) is 11.5 Å². The molecule has 0 atom stereocenters. The first-order valence-corrected chi connectivity index (χ1v) is 6.75. The summed E-state index contributed by atoms with van der Waals surface area (Å²) in [6.45, 7) is 0.938. The number of hydrogen-bond acceptors (Lipinski definition) is 8. The van der Waals surface area contributed by atoms with Gasteiger partial charge in [-0.05, 0) is 18.2 Å². The third-order valence-electron chi connectivity index (χ3n) is 3.10. The lowest BCUT2D eigenvalue weighted by Crippen LogP contribution is -2.17. The van der Waals surface area contributed by atoms with Gasteiger partial charge in [0.05, 0.1) is 6.20 Å². The second kappa shape index (κ2) is 5.44.